The Morgan fingerprint density at radius 3 is 2.70 bits per heavy atom. The fraction of sp³-hybridized carbons (Fsp3) is 0.615. The molecule has 0 radical (unpaired) electrons. The first kappa shape index (κ1) is 14.8. The number of rotatable bonds is 5. The van der Waals surface area contributed by atoms with E-state index in [0.29, 0.717) is 24.3 Å². The van der Waals surface area contributed by atoms with Gasteiger partial charge in [-0.1, -0.05) is 12.8 Å². The van der Waals surface area contributed by atoms with Crippen molar-refractivity contribution in [2.45, 2.75) is 25.7 Å². The highest BCUT2D eigenvalue weighted by Crippen LogP contribution is 2.30. The Morgan fingerprint density at radius 1 is 1.40 bits per heavy atom. The molecule has 7 heteroatoms. The molecule has 0 saturated heterocycles. The van der Waals surface area contributed by atoms with Gasteiger partial charge in [-0.2, -0.15) is 0 Å². The highest BCUT2D eigenvalue weighted by Gasteiger charge is 2.25. The number of nitrogens with one attached hydrogen (secondary N) is 1. The van der Waals surface area contributed by atoms with Gasteiger partial charge in [0.15, 0.2) is 5.76 Å². The molecule has 6 nitrogen and oxygen atoms in total. The van der Waals surface area contributed by atoms with Crippen LogP contribution in [-0.4, -0.2) is 23.3 Å². The molecule has 1 aliphatic rings. The third-order valence-electron chi connectivity index (χ3n) is 3.79. The van der Waals surface area contributed by atoms with Gasteiger partial charge in [0.2, 0.25) is 0 Å². The molecule has 0 bridgehead atoms. The van der Waals surface area contributed by atoms with Crippen LogP contribution in [0.3, 0.4) is 0 Å². The van der Waals surface area contributed by atoms with E-state index < -0.39 is 16.7 Å². The van der Waals surface area contributed by atoms with Gasteiger partial charge in [-0.05, 0) is 30.7 Å². The predicted octanol–water partition coefficient (Wildman–Crippen LogP) is 2.96. The summed E-state index contributed by atoms with van der Waals surface area (Å²) >= 11 is 5.94. The van der Waals surface area contributed by atoms with Gasteiger partial charge < -0.3 is 9.73 Å². The maximum Gasteiger partial charge on any atom is 0.433 e. The number of alkyl halides is 1. The minimum Gasteiger partial charge on any atom is -0.395 e. The molecule has 2 rings (SSSR count). The fourth-order valence-corrected chi connectivity index (χ4v) is 3.02. The summed E-state index contributed by atoms with van der Waals surface area (Å²) in [5.41, 5.74) is 0. The fourth-order valence-electron chi connectivity index (χ4n) is 2.62. The third kappa shape index (κ3) is 3.50. The molecule has 0 aromatic carbocycles. The number of nitro groups is 1. The van der Waals surface area contributed by atoms with Crippen molar-refractivity contribution in [3.05, 3.63) is 28.0 Å². The molecule has 2 unspecified atom stereocenters. The molecule has 0 aliphatic heterocycles. The van der Waals surface area contributed by atoms with Gasteiger partial charge in [0, 0.05) is 12.4 Å². The summed E-state index contributed by atoms with van der Waals surface area (Å²) in [6.07, 6.45) is 4.48. The molecule has 1 aliphatic carbocycles. The number of hydrogen-bond donors (Lipinski definition) is 1. The highest BCUT2D eigenvalue weighted by molar-refractivity contribution is 6.18. The van der Waals surface area contributed by atoms with Crippen molar-refractivity contribution in [3.63, 3.8) is 0 Å². The van der Waals surface area contributed by atoms with Crippen LogP contribution >= 0.6 is 11.6 Å². The molecular formula is C13H17ClN2O4. The standard InChI is InChI=1S/C13H17ClN2O4/c14-7-9-3-1-2-4-10(9)8-15-13(17)11-5-6-12(20-11)16(18)19/h5-6,9-10H,1-4,7-8H2,(H,15,17). The Labute approximate surface area is 121 Å². The average molecular weight is 301 g/mol. The summed E-state index contributed by atoms with van der Waals surface area (Å²) < 4.78 is 4.86. The zero-order chi connectivity index (χ0) is 14.5. The van der Waals surface area contributed by atoms with Crippen molar-refractivity contribution < 1.29 is 14.1 Å². The second-order valence-corrected chi connectivity index (χ2v) is 5.37. The van der Waals surface area contributed by atoms with Gasteiger partial charge in [-0.3, -0.25) is 14.9 Å². The van der Waals surface area contributed by atoms with Gasteiger partial charge in [-0.25, -0.2) is 0 Å². The molecule has 110 valence electrons. The Balaban J connectivity index is 1.89. The first-order chi connectivity index (χ1) is 9.61. The van der Waals surface area contributed by atoms with Crippen LogP contribution in [0.25, 0.3) is 0 Å². The van der Waals surface area contributed by atoms with Crippen molar-refractivity contribution in [1.82, 2.24) is 5.32 Å². The highest BCUT2D eigenvalue weighted by atomic mass is 35.5. The lowest BCUT2D eigenvalue weighted by molar-refractivity contribution is -0.402. The van der Waals surface area contributed by atoms with E-state index in [2.05, 4.69) is 5.32 Å². The maximum atomic E-state index is 11.9. The van der Waals surface area contributed by atoms with Crippen LogP contribution in [0.2, 0.25) is 0 Å². The second-order valence-electron chi connectivity index (χ2n) is 5.06. The summed E-state index contributed by atoms with van der Waals surface area (Å²) in [5, 5.41) is 13.3. The minimum atomic E-state index is -0.665. The smallest absolute Gasteiger partial charge is 0.395 e. The van der Waals surface area contributed by atoms with Crippen LogP contribution in [0.15, 0.2) is 16.5 Å². The van der Waals surface area contributed by atoms with E-state index in [-0.39, 0.29) is 5.76 Å². The van der Waals surface area contributed by atoms with E-state index in [1.165, 1.54) is 18.6 Å². The van der Waals surface area contributed by atoms with Crippen LogP contribution in [-0.2, 0) is 0 Å². The molecule has 1 fully saturated rings. The van der Waals surface area contributed by atoms with Crippen molar-refractivity contribution in [3.8, 4) is 0 Å². The zero-order valence-corrected chi connectivity index (χ0v) is 11.8. The first-order valence-corrected chi connectivity index (χ1v) is 7.23. The van der Waals surface area contributed by atoms with Crippen LogP contribution in [0.1, 0.15) is 36.2 Å². The van der Waals surface area contributed by atoms with E-state index >= 15 is 0 Å². The Bertz CT molecular complexity index is 488. The van der Waals surface area contributed by atoms with Gasteiger partial charge in [-0.15, -0.1) is 11.6 Å². The molecule has 1 heterocycles. The quantitative estimate of drug-likeness (QED) is 0.514. The lowest BCUT2D eigenvalue weighted by Gasteiger charge is -2.30. The molecule has 1 N–H and O–H groups in total. The van der Waals surface area contributed by atoms with Gasteiger partial charge in [0.1, 0.15) is 4.92 Å². The monoisotopic (exact) mass is 300 g/mol. The summed E-state index contributed by atoms with van der Waals surface area (Å²) in [5.74, 6) is 0.525. The SMILES string of the molecule is O=C(NCC1CCCCC1CCl)c1ccc([N+](=O)[O-])o1. The third-order valence-corrected chi connectivity index (χ3v) is 4.18. The van der Waals surface area contributed by atoms with Gasteiger partial charge in [0.05, 0.1) is 6.07 Å². The number of nitrogens with zero attached hydrogens (tertiary/aromatic N) is 1. The number of furan rings is 1. The number of halogens is 1. The Morgan fingerprint density at radius 2 is 2.10 bits per heavy atom. The normalized spacial score (nSPS) is 22.4. The number of carbonyl (C=O) groups excluding carboxylic acids is 1. The summed E-state index contributed by atoms with van der Waals surface area (Å²) in [6.45, 7) is 0.532. The topological polar surface area (TPSA) is 85.4 Å². The van der Waals surface area contributed by atoms with E-state index in [9.17, 15) is 14.9 Å². The van der Waals surface area contributed by atoms with E-state index in [0.717, 1.165) is 19.3 Å². The Kier molecular flexibility index (Phi) is 5.00. The van der Waals surface area contributed by atoms with E-state index in [1.54, 1.807) is 0 Å². The number of hydrogen-bond acceptors (Lipinski definition) is 4. The summed E-state index contributed by atoms with van der Waals surface area (Å²) in [6, 6.07) is 2.49. The summed E-state index contributed by atoms with van der Waals surface area (Å²) in [7, 11) is 0. The molecule has 1 amide bonds. The molecule has 1 aromatic rings. The largest absolute Gasteiger partial charge is 0.433 e. The van der Waals surface area contributed by atoms with E-state index in [4.69, 9.17) is 16.0 Å². The van der Waals surface area contributed by atoms with Gasteiger partial charge in [0.25, 0.3) is 5.91 Å². The number of amides is 1. The molecular weight excluding hydrogens is 284 g/mol. The van der Waals surface area contributed by atoms with Crippen LogP contribution in [0.5, 0.6) is 0 Å². The molecule has 2 atom stereocenters. The minimum absolute atomic E-state index is 0.0325. The van der Waals surface area contributed by atoms with Crippen LogP contribution < -0.4 is 5.32 Å². The lowest BCUT2D eigenvalue weighted by atomic mass is 9.80. The first-order valence-electron chi connectivity index (χ1n) is 6.70. The van der Waals surface area contributed by atoms with Crippen molar-refractivity contribution in [2.75, 3.05) is 12.4 Å². The van der Waals surface area contributed by atoms with Crippen molar-refractivity contribution in [1.29, 1.82) is 0 Å². The van der Waals surface area contributed by atoms with Crippen molar-refractivity contribution in [2.24, 2.45) is 11.8 Å². The van der Waals surface area contributed by atoms with Crippen molar-refractivity contribution >= 4 is 23.4 Å². The summed E-state index contributed by atoms with van der Waals surface area (Å²) in [4.78, 5) is 21.7. The maximum absolute atomic E-state index is 11.9. The molecule has 1 aromatic heterocycles. The van der Waals surface area contributed by atoms with Crippen LogP contribution in [0.4, 0.5) is 5.88 Å². The predicted molar refractivity (Wildman–Crippen MR) is 73.9 cm³/mol. The Hall–Kier alpha value is -1.56. The van der Waals surface area contributed by atoms with Gasteiger partial charge >= 0.3 is 5.88 Å². The lowest BCUT2D eigenvalue weighted by Crippen LogP contribution is -2.34. The second kappa shape index (κ2) is 6.74. The average Bonchev–Trinajstić information content (AvgIpc) is 2.95. The molecule has 0 spiro atoms. The molecule has 20 heavy (non-hydrogen) atoms. The zero-order valence-electron chi connectivity index (χ0n) is 11.0. The van der Waals surface area contributed by atoms with E-state index in [1.807, 2.05) is 0 Å². The number of carbonyl (C=O) groups is 1. The van der Waals surface area contributed by atoms with Crippen LogP contribution in [0, 0.1) is 22.0 Å². The molecule has 1 saturated carbocycles.